The lowest BCUT2D eigenvalue weighted by atomic mass is 10.0. The summed E-state index contributed by atoms with van der Waals surface area (Å²) in [7, 11) is 0. The number of nitrogen functional groups attached to an aromatic ring is 1. The van der Waals surface area contributed by atoms with E-state index in [0.29, 0.717) is 5.41 Å². The van der Waals surface area contributed by atoms with Crippen LogP contribution >= 0.6 is 0 Å². The fourth-order valence-corrected chi connectivity index (χ4v) is 2.68. The van der Waals surface area contributed by atoms with Gasteiger partial charge in [-0.1, -0.05) is 6.07 Å². The molecule has 0 saturated heterocycles. The van der Waals surface area contributed by atoms with Crippen molar-refractivity contribution in [3.63, 3.8) is 0 Å². The van der Waals surface area contributed by atoms with Crippen LogP contribution in [0.15, 0.2) is 18.2 Å². The van der Waals surface area contributed by atoms with Crippen molar-refractivity contribution in [2.24, 2.45) is 11.3 Å². The van der Waals surface area contributed by atoms with Crippen molar-refractivity contribution in [1.82, 2.24) is 0 Å². The predicted octanol–water partition coefficient (Wildman–Crippen LogP) is 3.18. The molecule has 2 aliphatic carbocycles. The van der Waals surface area contributed by atoms with Gasteiger partial charge in [-0.3, -0.25) is 0 Å². The SMILES string of the molecule is Cc1ccc(N)c(NCC2(C3CC3)CC2)c1. The highest BCUT2D eigenvalue weighted by molar-refractivity contribution is 5.67. The summed E-state index contributed by atoms with van der Waals surface area (Å²) in [5.74, 6) is 1.01. The second-order valence-electron chi connectivity index (χ2n) is 5.58. The fourth-order valence-electron chi connectivity index (χ4n) is 2.68. The number of rotatable bonds is 4. The van der Waals surface area contributed by atoms with E-state index in [1.807, 2.05) is 6.07 Å². The van der Waals surface area contributed by atoms with Crippen LogP contribution in [0.1, 0.15) is 31.2 Å². The van der Waals surface area contributed by atoms with Gasteiger partial charge in [0.2, 0.25) is 0 Å². The van der Waals surface area contributed by atoms with Gasteiger partial charge in [0.1, 0.15) is 0 Å². The number of benzene rings is 1. The predicted molar refractivity (Wildman–Crippen MR) is 68.5 cm³/mol. The standard InChI is InChI=1S/C14H20N2/c1-10-2-5-12(15)13(8-10)16-9-14(6-7-14)11-3-4-11/h2,5,8,11,16H,3-4,6-7,9,15H2,1H3. The Bertz CT molecular complexity index is 403. The van der Waals surface area contributed by atoms with Gasteiger partial charge in [-0.15, -0.1) is 0 Å². The highest BCUT2D eigenvalue weighted by Gasteiger charge is 2.53. The summed E-state index contributed by atoms with van der Waals surface area (Å²) in [6, 6.07) is 6.21. The first-order valence-corrected chi connectivity index (χ1v) is 6.30. The maximum Gasteiger partial charge on any atom is 0.0576 e. The molecule has 2 fully saturated rings. The molecule has 2 aliphatic rings. The quantitative estimate of drug-likeness (QED) is 0.759. The molecule has 16 heavy (non-hydrogen) atoms. The lowest BCUT2D eigenvalue weighted by Crippen LogP contribution is -2.18. The number of aryl methyl sites for hydroxylation is 1. The normalized spacial score (nSPS) is 21.8. The van der Waals surface area contributed by atoms with Crippen LogP contribution in [0.25, 0.3) is 0 Å². The Morgan fingerprint density at radius 1 is 1.38 bits per heavy atom. The van der Waals surface area contributed by atoms with Crippen molar-refractivity contribution < 1.29 is 0 Å². The molecule has 0 spiro atoms. The van der Waals surface area contributed by atoms with Gasteiger partial charge in [-0.05, 0) is 61.6 Å². The largest absolute Gasteiger partial charge is 0.397 e. The van der Waals surface area contributed by atoms with Gasteiger partial charge in [0.25, 0.3) is 0 Å². The highest BCUT2D eigenvalue weighted by atomic mass is 14.9. The Kier molecular flexibility index (Phi) is 2.13. The third-order valence-electron chi connectivity index (χ3n) is 4.18. The summed E-state index contributed by atoms with van der Waals surface area (Å²) in [5.41, 5.74) is 9.86. The smallest absolute Gasteiger partial charge is 0.0576 e. The van der Waals surface area contributed by atoms with Crippen LogP contribution < -0.4 is 11.1 Å². The minimum atomic E-state index is 0.635. The molecule has 0 aromatic heterocycles. The zero-order chi connectivity index (χ0) is 11.2. The second-order valence-corrected chi connectivity index (χ2v) is 5.58. The molecule has 0 aliphatic heterocycles. The molecule has 2 nitrogen and oxygen atoms in total. The topological polar surface area (TPSA) is 38.0 Å². The molecule has 0 amide bonds. The van der Waals surface area contributed by atoms with Gasteiger partial charge < -0.3 is 11.1 Å². The molecule has 1 aromatic carbocycles. The monoisotopic (exact) mass is 216 g/mol. The minimum Gasteiger partial charge on any atom is -0.397 e. The summed E-state index contributed by atoms with van der Waals surface area (Å²) in [4.78, 5) is 0. The van der Waals surface area contributed by atoms with Crippen molar-refractivity contribution in [3.05, 3.63) is 23.8 Å². The molecule has 0 atom stereocenters. The number of nitrogens with two attached hydrogens (primary N) is 1. The van der Waals surface area contributed by atoms with Gasteiger partial charge in [0.15, 0.2) is 0 Å². The molecule has 2 heteroatoms. The van der Waals surface area contributed by atoms with Crippen LogP contribution in [0.4, 0.5) is 11.4 Å². The van der Waals surface area contributed by atoms with Crippen molar-refractivity contribution in [2.45, 2.75) is 32.6 Å². The van der Waals surface area contributed by atoms with E-state index in [4.69, 9.17) is 5.73 Å². The van der Waals surface area contributed by atoms with Crippen LogP contribution in [-0.2, 0) is 0 Å². The molecule has 86 valence electrons. The van der Waals surface area contributed by atoms with Crippen molar-refractivity contribution >= 4 is 11.4 Å². The highest BCUT2D eigenvalue weighted by Crippen LogP contribution is 2.61. The number of nitrogens with one attached hydrogen (secondary N) is 1. The summed E-state index contributed by atoms with van der Waals surface area (Å²) in [6.07, 6.45) is 5.72. The van der Waals surface area contributed by atoms with E-state index in [2.05, 4.69) is 24.4 Å². The van der Waals surface area contributed by atoms with E-state index in [9.17, 15) is 0 Å². The molecule has 0 heterocycles. The maximum absolute atomic E-state index is 5.97. The Morgan fingerprint density at radius 3 is 2.75 bits per heavy atom. The Balaban J connectivity index is 1.67. The number of hydrogen-bond donors (Lipinski definition) is 2. The summed E-state index contributed by atoms with van der Waals surface area (Å²) >= 11 is 0. The molecule has 1 aromatic rings. The fraction of sp³-hybridized carbons (Fsp3) is 0.571. The zero-order valence-corrected chi connectivity index (χ0v) is 9.92. The third-order valence-corrected chi connectivity index (χ3v) is 4.18. The van der Waals surface area contributed by atoms with Crippen molar-refractivity contribution in [2.75, 3.05) is 17.6 Å². The minimum absolute atomic E-state index is 0.635. The molecular formula is C14H20N2. The first-order chi connectivity index (χ1) is 7.70. The molecule has 0 radical (unpaired) electrons. The molecule has 3 rings (SSSR count). The van der Waals surface area contributed by atoms with Gasteiger partial charge in [-0.2, -0.15) is 0 Å². The van der Waals surface area contributed by atoms with E-state index < -0.39 is 0 Å². The first-order valence-electron chi connectivity index (χ1n) is 6.30. The Morgan fingerprint density at radius 2 is 2.12 bits per heavy atom. The van der Waals surface area contributed by atoms with E-state index in [1.165, 1.54) is 31.2 Å². The number of anilines is 2. The van der Waals surface area contributed by atoms with Crippen molar-refractivity contribution in [1.29, 1.82) is 0 Å². The van der Waals surface area contributed by atoms with Gasteiger partial charge in [-0.25, -0.2) is 0 Å². The molecule has 0 unspecified atom stereocenters. The van der Waals surface area contributed by atoms with Crippen LogP contribution in [-0.4, -0.2) is 6.54 Å². The lowest BCUT2D eigenvalue weighted by Gasteiger charge is -2.17. The first kappa shape index (κ1) is 10.0. The molecule has 2 saturated carbocycles. The molecular weight excluding hydrogens is 196 g/mol. The van der Waals surface area contributed by atoms with Gasteiger partial charge in [0, 0.05) is 6.54 Å². The summed E-state index contributed by atoms with van der Waals surface area (Å²) < 4.78 is 0. The zero-order valence-electron chi connectivity index (χ0n) is 9.92. The average molecular weight is 216 g/mol. The van der Waals surface area contributed by atoms with E-state index in [-0.39, 0.29) is 0 Å². The van der Waals surface area contributed by atoms with Crippen LogP contribution in [0, 0.1) is 18.3 Å². The summed E-state index contributed by atoms with van der Waals surface area (Å²) in [5, 5.41) is 3.55. The third kappa shape index (κ3) is 1.77. The number of hydrogen-bond acceptors (Lipinski definition) is 2. The molecule has 0 bridgehead atoms. The van der Waals surface area contributed by atoms with Gasteiger partial charge >= 0.3 is 0 Å². The van der Waals surface area contributed by atoms with Crippen LogP contribution in [0.3, 0.4) is 0 Å². The second kappa shape index (κ2) is 3.41. The Labute approximate surface area is 97.2 Å². The van der Waals surface area contributed by atoms with Crippen LogP contribution in [0.2, 0.25) is 0 Å². The van der Waals surface area contributed by atoms with Crippen molar-refractivity contribution in [3.8, 4) is 0 Å². The van der Waals surface area contributed by atoms with E-state index >= 15 is 0 Å². The Hall–Kier alpha value is -1.18. The maximum atomic E-state index is 5.97. The summed E-state index contributed by atoms with van der Waals surface area (Å²) in [6.45, 7) is 3.23. The average Bonchev–Trinajstić information content (AvgIpc) is 3.13. The van der Waals surface area contributed by atoms with E-state index in [1.54, 1.807) is 0 Å². The molecule has 3 N–H and O–H groups in total. The van der Waals surface area contributed by atoms with E-state index in [0.717, 1.165) is 23.8 Å². The van der Waals surface area contributed by atoms with Crippen LogP contribution in [0.5, 0.6) is 0 Å². The lowest BCUT2D eigenvalue weighted by molar-refractivity contribution is 0.467. The van der Waals surface area contributed by atoms with Gasteiger partial charge in [0.05, 0.1) is 11.4 Å².